The number of ether oxygens (including phenoxy) is 1. The van der Waals surface area contributed by atoms with E-state index in [0.717, 1.165) is 22.7 Å². The van der Waals surface area contributed by atoms with Crippen molar-refractivity contribution < 1.29 is 32.4 Å². The van der Waals surface area contributed by atoms with Crippen molar-refractivity contribution >= 4 is 28.9 Å². The second-order valence-corrected chi connectivity index (χ2v) is 7.63. The lowest BCUT2D eigenvalue weighted by atomic mass is 10.1. The van der Waals surface area contributed by atoms with Gasteiger partial charge in [0.15, 0.2) is 0 Å². The summed E-state index contributed by atoms with van der Waals surface area (Å²) >= 11 is 0. The van der Waals surface area contributed by atoms with Gasteiger partial charge in [0.1, 0.15) is 5.75 Å². The number of piperazine rings is 1. The normalized spacial score (nSPS) is 19.8. The van der Waals surface area contributed by atoms with Gasteiger partial charge in [-0.25, -0.2) is 4.90 Å². The van der Waals surface area contributed by atoms with Crippen molar-refractivity contribution in [2.45, 2.75) is 18.8 Å². The van der Waals surface area contributed by atoms with E-state index in [0.29, 0.717) is 26.2 Å². The van der Waals surface area contributed by atoms with Crippen LogP contribution in [-0.4, -0.2) is 60.2 Å². The zero-order valence-corrected chi connectivity index (χ0v) is 17.2. The molecule has 33 heavy (non-hydrogen) atoms. The van der Waals surface area contributed by atoms with Crippen LogP contribution in [0.1, 0.15) is 6.42 Å². The summed E-state index contributed by atoms with van der Waals surface area (Å²) in [5.74, 6) is -1.29. The van der Waals surface area contributed by atoms with Crippen LogP contribution < -0.4 is 14.5 Å². The summed E-state index contributed by atoms with van der Waals surface area (Å²) in [6.45, 7) is 2.15. The maximum Gasteiger partial charge on any atom is 0.573 e. The van der Waals surface area contributed by atoms with Crippen LogP contribution >= 0.6 is 0 Å². The Labute approximate surface area is 186 Å². The second kappa shape index (κ2) is 8.70. The van der Waals surface area contributed by atoms with Gasteiger partial charge in [-0.2, -0.15) is 0 Å². The van der Waals surface area contributed by atoms with Gasteiger partial charge in [-0.15, -0.1) is 13.2 Å². The maximum atomic E-state index is 13.0. The van der Waals surface area contributed by atoms with Crippen molar-refractivity contribution in [1.29, 1.82) is 0 Å². The Kier molecular flexibility index (Phi) is 5.93. The molecule has 174 valence electrons. The predicted octanol–water partition coefficient (Wildman–Crippen LogP) is 2.95. The minimum atomic E-state index is -4.83. The van der Waals surface area contributed by atoms with Crippen molar-refractivity contribution in [2.75, 3.05) is 36.0 Å². The Morgan fingerprint density at radius 3 is 2.03 bits per heavy atom. The number of carbonyl (C=O) groups is 2. The molecule has 2 aromatic carbocycles. The molecule has 0 aromatic heterocycles. The van der Waals surface area contributed by atoms with Gasteiger partial charge in [-0.05, 0) is 36.4 Å². The number of benzene rings is 2. The van der Waals surface area contributed by atoms with Gasteiger partial charge < -0.3 is 9.64 Å². The highest BCUT2D eigenvalue weighted by Crippen LogP contribution is 2.30. The molecule has 1 atom stereocenters. The molecule has 4 rings (SSSR count). The third-order valence-electron chi connectivity index (χ3n) is 5.63. The average Bonchev–Trinajstić information content (AvgIpc) is 3.07. The number of nitro groups is 1. The molecule has 0 saturated carbocycles. The van der Waals surface area contributed by atoms with Crippen LogP contribution in [0.15, 0.2) is 48.5 Å². The standard InChI is InChI=1S/C21H19F3N4O5/c22-21(23,24)33-17-7-5-15(6-8-17)27-19(29)13-18(20(27)30)26-11-9-25(10-12-26)14-1-3-16(4-2-14)28(31)32/h1-8,18H,9-13H2/t18-/m0/s1. The van der Waals surface area contributed by atoms with Crippen LogP contribution in [0, 0.1) is 10.1 Å². The van der Waals surface area contributed by atoms with Crippen molar-refractivity contribution in [1.82, 2.24) is 4.90 Å². The molecule has 0 N–H and O–H groups in total. The van der Waals surface area contributed by atoms with Gasteiger partial charge in [-0.3, -0.25) is 24.6 Å². The monoisotopic (exact) mass is 464 g/mol. The van der Waals surface area contributed by atoms with Crippen LogP contribution in [0.5, 0.6) is 5.75 Å². The largest absolute Gasteiger partial charge is 0.573 e. The predicted molar refractivity (Wildman–Crippen MR) is 111 cm³/mol. The first-order valence-corrected chi connectivity index (χ1v) is 10.1. The summed E-state index contributed by atoms with van der Waals surface area (Å²) in [5.41, 5.74) is 1.02. The third kappa shape index (κ3) is 4.90. The minimum Gasteiger partial charge on any atom is -0.406 e. The molecule has 2 amide bonds. The topological polar surface area (TPSA) is 96.2 Å². The molecule has 2 fully saturated rings. The number of hydrogen-bond donors (Lipinski definition) is 0. The molecule has 2 aliphatic rings. The molecule has 0 bridgehead atoms. The van der Waals surface area contributed by atoms with Crippen LogP contribution in [-0.2, 0) is 9.59 Å². The Hall–Kier alpha value is -3.67. The van der Waals surface area contributed by atoms with E-state index in [4.69, 9.17) is 0 Å². The van der Waals surface area contributed by atoms with E-state index in [1.807, 2.05) is 9.80 Å². The summed E-state index contributed by atoms with van der Waals surface area (Å²) in [6, 6.07) is 10.2. The highest BCUT2D eigenvalue weighted by atomic mass is 19.4. The molecule has 0 radical (unpaired) electrons. The first-order valence-electron chi connectivity index (χ1n) is 10.1. The second-order valence-electron chi connectivity index (χ2n) is 7.63. The third-order valence-corrected chi connectivity index (χ3v) is 5.63. The lowest BCUT2D eigenvalue weighted by Gasteiger charge is -2.38. The quantitative estimate of drug-likeness (QED) is 0.381. The van der Waals surface area contributed by atoms with Gasteiger partial charge in [-0.1, -0.05) is 0 Å². The van der Waals surface area contributed by atoms with E-state index < -0.39 is 34.9 Å². The molecular weight excluding hydrogens is 445 g/mol. The summed E-state index contributed by atoms with van der Waals surface area (Å²) < 4.78 is 40.8. The lowest BCUT2D eigenvalue weighted by molar-refractivity contribution is -0.384. The smallest absolute Gasteiger partial charge is 0.406 e. The minimum absolute atomic E-state index is 0.00513. The number of imide groups is 1. The number of anilines is 2. The number of nitrogens with zero attached hydrogens (tertiary/aromatic N) is 4. The average molecular weight is 464 g/mol. The van der Waals surface area contributed by atoms with Crippen molar-refractivity contribution in [3.05, 3.63) is 58.6 Å². The fourth-order valence-electron chi connectivity index (χ4n) is 4.05. The molecule has 2 heterocycles. The highest BCUT2D eigenvalue weighted by Gasteiger charge is 2.43. The molecule has 9 nitrogen and oxygen atoms in total. The van der Waals surface area contributed by atoms with Gasteiger partial charge >= 0.3 is 6.36 Å². The summed E-state index contributed by atoms with van der Waals surface area (Å²) in [6.07, 6.45) is -4.85. The van der Waals surface area contributed by atoms with Gasteiger partial charge in [0, 0.05) is 44.0 Å². The number of amides is 2. The molecule has 12 heteroatoms. The summed E-state index contributed by atoms with van der Waals surface area (Å²) in [5, 5.41) is 10.8. The van der Waals surface area contributed by atoms with E-state index in [2.05, 4.69) is 4.74 Å². The molecule has 2 aromatic rings. The van der Waals surface area contributed by atoms with E-state index in [1.165, 1.54) is 24.3 Å². The van der Waals surface area contributed by atoms with E-state index >= 15 is 0 Å². The Bertz CT molecular complexity index is 1050. The fraction of sp³-hybridized carbons (Fsp3) is 0.333. The number of nitro benzene ring substituents is 1. The summed E-state index contributed by atoms with van der Waals surface area (Å²) in [4.78, 5) is 40.8. The van der Waals surface area contributed by atoms with Crippen molar-refractivity contribution in [2.24, 2.45) is 0 Å². The van der Waals surface area contributed by atoms with Crippen molar-refractivity contribution in [3.8, 4) is 5.75 Å². The van der Waals surface area contributed by atoms with Crippen LogP contribution in [0.4, 0.5) is 30.2 Å². The van der Waals surface area contributed by atoms with Gasteiger partial charge in [0.05, 0.1) is 23.1 Å². The number of halogens is 3. The van der Waals surface area contributed by atoms with Crippen LogP contribution in [0.25, 0.3) is 0 Å². The highest BCUT2D eigenvalue weighted by molar-refractivity contribution is 6.22. The maximum absolute atomic E-state index is 13.0. The SMILES string of the molecule is O=C1C[C@H](N2CCN(c3ccc([N+](=O)[O-])cc3)CC2)C(=O)N1c1ccc(OC(F)(F)F)cc1. The number of hydrogen-bond acceptors (Lipinski definition) is 7. The molecule has 0 aliphatic carbocycles. The first-order chi connectivity index (χ1) is 15.6. The van der Waals surface area contributed by atoms with Crippen molar-refractivity contribution in [3.63, 3.8) is 0 Å². The van der Waals surface area contributed by atoms with Gasteiger partial charge in [0.25, 0.3) is 11.6 Å². The van der Waals surface area contributed by atoms with E-state index in [-0.39, 0.29) is 17.8 Å². The molecule has 0 spiro atoms. The first kappa shape index (κ1) is 22.5. The molecule has 0 unspecified atom stereocenters. The Morgan fingerprint density at radius 1 is 0.909 bits per heavy atom. The number of non-ortho nitro benzene ring substituents is 1. The van der Waals surface area contributed by atoms with Crippen LogP contribution in [0.2, 0.25) is 0 Å². The molecule has 2 aliphatic heterocycles. The van der Waals surface area contributed by atoms with Crippen LogP contribution in [0.3, 0.4) is 0 Å². The van der Waals surface area contributed by atoms with E-state index in [1.54, 1.807) is 12.1 Å². The zero-order valence-electron chi connectivity index (χ0n) is 17.2. The number of rotatable bonds is 5. The number of alkyl halides is 3. The Morgan fingerprint density at radius 2 is 1.48 bits per heavy atom. The van der Waals surface area contributed by atoms with Gasteiger partial charge in [0.2, 0.25) is 5.91 Å². The number of carbonyl (C=O) groups excluding carboxylic acids is 2. The lowest BCUT2D eigenvalue weighted by Crippen LogP contribution is -2.52. The fourth-order valence-corrected chi connectivity index (χ4v) is 4.05. The summed E-state index contributed by atoms with van der Waals surface area (Å²) in [7, 11) is 0. The Balaban J connectivity index is 1.38. The van der Waals surface area contributed by atoms with E-state index in [9.17, 15) is 32.9 Å². The zero-order chi connectivity index (χ0) is 23.8. The molecule has 2 saturated heterocycles. The molecular formula is C21H19F3N4O5.